The van der Waals surface area contributed by atoms with Crippen molar-refractivity contribution in [1.82, 2.24) is 15.5 Å². The highest BCUT2D eigenvalue weighted by Crippen LogP contribution is 2.24. The minimum atomic E-state index is -0.242. The van der Waals surface area contributed by atoms with Crippen LogP contribution >= 0.6 is 0 Å². The van der Waals surface area contributed by atoms with Crippen molar-refractivity contribution in [3.63, 3.8) is 0 Å². The van der Waals surface area contributed by atoms with Gasteiger partial charge in [-0.15, -0.1) is 0 Å². The first-order valence-electron chi connectivity index (χ1n) is 7.74. The van der Waals surface area contributed by atoms with Gasteiger partial charge in [0.15, 0.2) is 5.76 Å². The number of aromatic amines is 1. The molecule has 0 aromatic carbocycles. The fourth-order valence-corrected chi connectivity index (χ4v) is 2.99. The molecule has 5 nitrogen and oxygen atoms in total. The number of aliphatic hydroxyl groups is 1. The summed E-state index contributed by atoms with van der Waals surface area (Å²) in [6.45, 7) is 2.62. The topological polar surface area (TPSA) is 74.1 Å². The molecule has 2 atom stereocenters. The summed E-state index contributed by atoms with van der Waals surface area (Å²) < 4.78 is 5.65. The number of hydrogen-bond donors (Lipinski definition) is 3. The largest absolute Gasteiger partial charge is 0.460 e. The lowest BCUT2D eigenvalue weighted by molar-refractivity contribution is 0.119. The number of nitrogens with zero attached hydrogens (tertiary/aromatic N) is 1. The molecule has 3 N–H and O–H groups in total. The second kappa shape index (κ2) is 6.45. The van der Waals surface area contributed by atoms with Crippen molar-refractivity contribution in [3.05, 3.63) is 29.7 Å². The Morgan fingerprint density at radius 2 is 2.19 bits per heavy atom. The van der Waals surface area contributed by atoms with E-state index in [-0.39, 0.29) is 12.1 Å². The number of aromatic nitrogens is 2. The minimum absolute atomic E-state index is 0.175. The van der Waals surface area contributed by atoms with E-state index in [2.05, 4.69) is 15.5 Å². The van der Waals surface area contributed by atoms with Crippen LogP contribution in [0.25, 0.3) is 11.5 Å². The molecule has 114 valence electrons. The van der Waals surface area contributed by atoms with E-state index in [0.717, 1.165) is 42.0 Å². The Bertz CT molecular complexity index is 576. The molecule has 0 amide bonds. The number of aliphatic hydroxyl groups excluding tert-OH is 1. The zero-order valence-electron chi connectivity index (χ0n) is 12.4. The molecule has 2 unspecified atom stereocenters. The van der Waals surface area contributed by atoms with Crippen LogP contribution in [-0.2, 0) is 6.54 Å². The Hall–Kier alpha value is -1.59. The highest BCUT2D eigenvalue weighted by molar-refractivity contribution is 5.56. The highest BCUT2D eigenvalue weighted by atomic mass is 16.3. The molecule has 2 heterocycles. The summed E-state index contributed by atoms with van der Waals surface area (Å²) in [5, 5.41) is 20.8. The van der Waals surface area contributed by atoms with E-state index in [1.807, 2.05) is 25.3 Å². The van der Waals surface area contributed by atoms with Gasteiger partial charge in [-0.1, -0.05) is 19.3 Å². The van der Waals surface area contributed by atoms with E-state index < -0.39 is 0 Å². The zero-order valence-corrected chi connectivity index (χ0v) is 12.4. The predicted octanol–water partition coefficient (Wildman–Crippen LogP) is 2.76. The van der Waals surface area contributed by atoms with Gasteiger partial charge in [0.2, 0.25) is 0 Å². The summed E-state index contributed by atoms with van der Waals surface area (Å²) in [5.74, 6) is 1.70. The molecule has 2 aromatic rings. The maximum atomic E-state index is 10.2. The molecule has 3 rings (SSSR count). The van der Waals surface area contributed by atoms with Crippen molar-refractivity contribution in [2.75, 3.05) is 0 Å². The van der Waals surface area contributed by atoms with E-state index in [1.165, 1.54) is 12.8 Å². The van der Waals surface area contributed by atoms with Gasteiger partial charge in [-0.2, -0.15) is 5.10 Å². The minimum Gasteiger partial charge on any atom is -0.460 e. The van der Waals surface area contributed by atoms with Gasteiger partial charge in [0.25, 0.3) is 0 Å². The van der Waals surface area contributed by atoms with Crippen LogP contribution in [-0.4, -0.2) is 27.4 Å². The Morgan fingerprint density at radius 3 is 3.00 bits per heavy atom. The summed E-state index contributed by atoms with van der Waals surface area (Å²) in [7, 11) is 0. The van der Waals surface area contributed by atoms with E-state index >= 15 is 0 Å². The van der Waals surface area contributed by atoms with Gasteiger partial charge in [-0.05, 0) is 31.9 Å². The molecule has 0 aliphatic heterocycles. The first-order valence-corrected chi connectivity index (χ1v) is 7.74. The van der Waals surface area contributed by atoms with Crippen LogP contribution in [0, 0.1) is 6.92 Å². The second-order valence-corrected chi connectivity index (χ2v) is 5.87. The third-order valence-electron chi connectivity index (χ3n) is 4.24. The number of furan rings is 1. The molecule has 0 radical (unpaired) electrons. The van der Waals surface area contributed by atoms with Crippen molar-refractivity contribution in [2.45, 2.75) is 57.7 Å². The summed E-state index contributed by atoms with van der Waals surface area (Å²) >= 11 is 0. The Labute approximate surface area is 124 Å². The maximum absolute atomic E-state index is 10.2. The molecule has 0 bridgehead atoms. The molecule has 1 aliphatic rings. The van der Waals surface area contributed by atoms with Crippen LogP contribution in [0.3, 0.4) is 0 Å². The molecule has 5 heteroatoms. The number of nitrogens with one attached hydrogen (secondary N) is 2. The van der Waals surface area contributed by atoms with Crippen molar-refractivity contribution in [1.29, 1.82) is 0 Å². The molecular weight excluding hydrogens is 266 g/mol. The summed E-state index contributed by atoms with van der Waals surface area (Å²) in [6.07, 6.45) is 7.04. The van der Waals surface area contributed by atoms with Gasteiger partial charge in [-0.25, -0.2) is 0 Å². The fraction of sp³-hybridized carbons (Fsp3) is 0.562. The summed E-state index contributed by atoms with van der Waals surface area (Å²) in [5.41, 5.74) is 1.99. The standard InChI is InChI=1S/C16H23N3O2/c1-11-7-8-15(21-11)16-12(10-18-19-16)9-17-13-5-3-2-4-6-14(13)20/h7-8,10,13-14,17,20H,2-6,9H2,1H3,(H,18,19). The molecule has 1 fully saturated rings. The van der Waals surface area contributed by atoms with Gasteiger partial charge in [-0.3, -0.25) is 5.10 Å². The fourth-order valence-electron chi connectivity index (χ4n) is 2.99. The monoisotopic (exact) mass is 289 g/mol. The lowest BCUT2D eigenvalue weighted by atomic mass is 10.1. The van der Waals surface area contributed by atoms with Gasteiger partial charge >= 0.3 is 0 Å². The summed E-state index contributed by atoms with van der Waals surface area (Å²) in [4.78, 5) is 0. The van der Waals surface area contributed by atoms with Crippen molar-refractivity contribution in [3.8, 4) is 11.5 Å². The molecule has 0 saturated heterocycles. The first-order chi connectivity index (χ1) is 10.2. The highest BCUT2D eigenvalue weighted by Gasteiger charge is 2.21. The Balaban J connectivity index is 1.67. The van der Waals surface area contributed by atoms with E-state index in [1.54, 1.807) is 0 Å². The van der Waals surface area contributed by atoms with Gasteiger partial charge in [0, 0.05) is 18.2 Å². The molecule has 2 aromatic heterocycles. The number of aryl methyl sites for hydroxylation is 1. The van der Waals surface area contributed by atoms with Crippen LogP contribution in [0.2, 0.25) is 0 Å². The van der Waals surface area contributed by atoms with Crippen LogP contribution in [0.4, 0.5) is 0 Å². The lowest BCUT2D eigenvalue weighted by Crippen LogP contribution is -2.38. The second-order valence-electron chi connectivity index (χ2n) is 5.87. The number of rotatable bonds is 4. The average Bonchev–Trinajstić information content (AvgIpc) is 3.05. The van der Waals surface area contributed by atoms with Gasteiger partial charge in [0.1, 0.15) is 11.5 Å². The van der Waals surface area contributed by atoms with Gasteiger partial charge < -0.3 is 14.8 Å². The van der Waals surface area contributed by atoms with Gasteiger partial charge in [0.05, 0.1) is 12.3 Å². The van der Waals surface area contributed by atoms with E-state index in [4.69, 9.17) is 4.42 Å². The summed E-state index contributed by atoms with van der Waals surface area (Å²) in [6, 6.07) is 4.07. The zero-order chi connectivity index (χ0) is 14.7. The molecule has 1 saturated carbocycles. The third kappa shape index (κ3) is 3.36. The smallest absolute Gasteiger partial charge is 0.152 e. The first kappa shape index (κ1) is 14.4. The molecule has 0 spiro atoms. The predicted molar refractivity (Wildman–Crippen MR) is 80.7 cm³/mol. The lowest BCUT2D eigenvalue weighted by Gasteiger charge is -2.21. The van der Waals surface area contributed by atoms with Crippen molar-refractivity contribution < 1.29 is 9.52 Å². The SMILES string of the molecule is Cc1ccc(-c2[nH]ncc2CNC2CCCCCC2O)o1. The Kier molecular flexibility index (Phi) is 4.41. The normalized spacial score (nSPS) is 23.1. The van der Waals surface area contributed by atoms with Crippen molar-refractivity contribution in [2.24, 2.45) is 0 Å². The average molecular weight is 289 g/mol. The quantitative estimate of drug-likeness (QED) is 0.757. The molecule has 21 heavy (non-hydrogen) atoms. The van der Waals surface area contributed by atoms with Crippen LogP contribution in [0.5, 0.6) is 0 Å². The Morgan fingerprint density at radius 1 is 1.33 bits per heavy atom. The van der Waals surface area contributed by atoms with Crippen LogP contribution in [0.1, 0.15) is 43.4 Å². The number of H-pyrrole nitrogens is 1. The van der Waals surface area contributed by atoms with E-state index in [9.17, 15) is 5.11 Å². The van der Waals surface area contributed by atoms with Crippen LogP contribution < -0.4 is 5.32 Å². The van der Waals surface area contributed by atoms with Crippen LogP contribution in [0.15, 0.2) is 22.7 Å². The molecule has 1 aliphatic carbocycles. The van der Waals surface area contributed by atoms with Crippen molar-refractivity contribution >= 4 is 0 Å². The van der Waals surface area contributed by atoms with E-state index in [0.29, 0.717) is 6.54 Å². The third-order valence-corrected chi connectivity index (χ3v) is 4.24. The molecular formula is C16H23N3O2. The maximum Gasteiger partial charge on any atom is 0.152 e. The number of hydrogen-bond acceptors (Lipinski definition) is 4.